The van der Waals surface area contributed by atoms with Crippen molar-refractivity contribution in [1.29, 1.82) is 0 Å². The van der Waals surface area contributed by atoms with Crippen LogP contribution in [0.1, 0.15) is 23.5 Å². The van der Waals surface area contributed by atoms with Gasteiger partial charge in [-0.1, -0.05) is 18.3 Å². The van der Waals surface area contributed by atoms with E-state index in [4.69, 9.17) is 5.73 Å². The van der Waals surface area contributed by atoms with Crippen molar-refractivity contribution in [2.24, 2.45) is 5.73 Å². The summed E-state index contributed by atoms with van der Waals surface area (Å²) in [6.07, 6.45) is 3.02. The number of nitrogens with zero attached hydrogens (tertiary/aromatic N) is 4. The SMILES string of the molecule is CC(CN)c1nc2c(NCc3ncccc3F)ncnc2s1. The molecule has 0 saturated heterocycles. The fraction of sp³-hybridized carbons (Fsp3) is 0.286. The minimum Gasteiger partial charge on any atom is -0.362 e. The summed E-state index contributed by atoms with van der Waals surface area (Å²) < 4.78 is 13.6. The van der Waals surface area contributed by atoms with Crippen molar-refractivity contribution in [2.75, 3.05) is 11.9 Å². The van der Waals surface area contributed by atoms with E-state index in [1.54, 1.807) is 12.3 Å². The number of pyridine rings is 1. The van der Waals surface area contributed by atoms with Gasteiger partial charge in [0, 0.05) is 18.7 Å². The normalized spacial score (nSPS) is 12.5. The zero-order chi connectivity index (χ0) is 15.5. The summed E-state index contributed by atoms with van der Waals surface area (Å²) in [5.41, 5.74) is 6.69. The lowest BCUT2D eigenvalue weighted by Gasteiger charge is -2.05. The second-order valence-corrected chi connectivity index (χ2v) is 5.86. The first kappa shape index (κ1) is 14.7. The highest BCUT2D eigenvalue weighted by Crippen LogP contribution is 2.28. The van der Waals surface area contributed by atoms with E-state index in [9.17, 15) is 4.39 Å². The number of hydrogen-bond donors (Lipinski definition) is 2. The van der Waals surface area contributed by atoms with Gasteiger partial charge in [-0.15, -0.1) is 0 Å². The van der Waals surface area contributed by atoms with Gasteiger partial charge in [-0.3, -0.25) is 4.98 Å². The third kappa shape index (κ3) is 2.88. The largest absolute Gasteiger partial charge is 0.362 e. The third-order valence-corrected chi connectivity index (χ3v) is 4.44. The first-order chi connectivity index (χ1) is 10.7. The van der Waals surface area contributed by atoms with Crippen molar-refractivity contribution in [3.05, 3.63) is 41.2 Å². The lowest BCUT2D eigenvalue weighted by atomic mass is 10.2. The maximum atomic E-state index is 13.6. The molecule has 0 saturated carbocycles. The molecule has 0 aliphatic carbocycles. The topological polar surface area (TPSA) is 89.6 Å². The van der Waals surface area contributed by atoms with Gasteiger partial charge >= 0.3 is 0 Å². The van der Waals surface area contributed by atoms with Crippen LogP contribution >= 0.6 is 11.3 Å². The van der Waals surface area contributed by atoms with Crippen molar-refractivity contribution < 1.29 is 4.39 Å². The van der Waals surface area contributed by atoms with E-state index < -0.39 is 0 Å². The summed E-state index contributed by atoms with van der Waals surface area (Å²) in [4.78, 5) is 17.8. The van der Waals surface area contributed by atoms with Gasteiger partial charge in [0.2, 0.25) is 0 Å². The van der Waals surface area contributed by atoms with Crippen LogP contribution in [-0.4, -0.2) is 26.5 Å². The number of nitrogens with one attached hydrogen (secondary N) is 1. The van der Waals surface area contributed by atoms with Crippen molar-refractivity contribution in [2.45, 2.75) is 19.4 Å². The minimum atomic E-state index is -0.351. The number of aromatic nitrogens is 4. The van der Waals surface area contributed by atoms with Gasteiger partial charge < -0.3 is 11.1 Å². The average molecular weight is 318 g/mol. The maximum Gasteiger partial charge on any atom is 0.157 e. The Hall–Kier alpha value is -2.19. The van der Waals surface area contributed by atoms with Crippen LogP contribution in [-0.2, 0) is 6.54 Å². The molecule has 3 rings (SSSR count). The zero-order valence-corrected chi connectivity index (χ0v) is 12.8. The summed E-state index contributed by atoms with van der Waals surface area (Å²) in [7, 11) is 0. The molecule has 1 unspecified atom stereocenters. The Morgan fingerprint density at radius 1 is 1.36 bits per heavy atom. The number of hydrogen-bond acceptors (Lipinski definition) is 7. The molecule has 114 valence electrons. The minimum absolute atomic E-state index is 0.167. The van der Waals surface area contributed by atoms with E-state index in [1.807, 2.05) is 6.92 Å². The molecule has 0 radical (unpaired) electrons. The van der Waals surface area contributed by atoms with Gasteiger partial charge in [0.25, 0.3) is 0 Å². The fourth-order valence-corrected chi connectivity index (χ4v) is 2.90. The standard InChI is InChI=1S/C14H15FN6S/c1-8(5-16)13-21-11-12(19-7-20-14(11)22-13)18-6-10-9(15)3-2-4-17-10/h2-4,7-8H,5-6,16H2,1H3,(H,18,19,20). The van der Waals surface area contributed by atoms with Crippen molar-refractivity contribution in [1.82, 2.24) is 19.9 Å². The fourth-order valence-electron chi connectivity index (χ4n) is 1.93. The first-order valence-electron chi connectivity index (χ1n) is 6.83. The second-order valence-electron chi connectivity index (χ2n) is 4.85. The van der Waals surface area contributed by atoms with Crippen molar-refractivity contribution in [3.63, 3.8) is 0 Å². The highest BCUT2D eigenvalue weighted by atomic mass is 32.1. The van der Waals surface area contributed by atoms with Gasteiger partial charge in [-0.25, -0.2) is 19.3 Å². The molecule has 3 heterocycles. The van der Waals surface area contributed by atoms with E-state index in [0.717, 1.165) is 9.84 Å². The number of fused-ring (bicyclic) bond motifs is 1. The summed E-state index contributed by atoms with van der Waals surface area (Å²) >= 11 is 1.50. The number of thiazole rings is 1. The number of nitrogens with two attached hydrogens (primary N) is 1. The van der Waals surface area contributed by atoms with Gasteiger partial charge in [-0.2, -0.15) is 0 Å². The molecule has 0 aromatic carbocycles. The molecular formula is C14H15FN6S. The first-order valence-corrected chi connectivity index (χ1v) is 7.65. The van der Waals surface area contributed by atoms with Crippen LogP contribution in [0.25, 0.3) is 10.3 Å². The Bertz CT molecular complexity index is 790. The lowest BCUT2D eigenvalue weighted by Crippen LogP contribution is -2.08. The Morgan fingerprint density at radius 3 is 3.00 bits per heavy atom. The summed E-state index contributed by atoms with van der Waals surface area (Å²) in [6.45, 7) is 2.77. The Balaban J connectivity index is 1.87. The molecule has 0 spiro atoms. The molecule has 0 bridgehead atoms. The van der Waals surface area contributed by atoms with Crippen LogP contribution in [0.2, 0.25) is 0 Å². The van der Waals surface area contributed by atoms with E-state index in [1.165, 1.54) is 23.7 Å². The highest BCUT2D eigenvalue weighted by Gasteiger charge is 2.14. The van der Waals surface area contributed by atoms with E-state index in [0.29, 0.717) is 23.6 Å². The van der Waals surface area contributed by atoms with Crippen molar-refractivity contribution >= 4 is 27.5 Å². The molecule has 0 fully saturated rings. The highest BCUT2D eigenvalue weighted by molar-refractivity contribution is 7.18. The molecule has 3 aromatic heterocycles. The van der Waals surface area contributed by atoms with Crippen LogP contribution in [0, 0.1) is 5.82 Å². The average Bonchev–Trinajstić information content (AvgIpc) is 2.98. The summed E-state index contributed by atoms with van der Waals surface area (Å²) in [5, 5.41) is 4.00. The molecule has 8 heteroatoms. The van der Waals surface area contributed by atoms with Crippen LogP contribution in [0.15, 0.2) is 24.7 Å². The molecule has 1 atom stereocenters. The van der Waals surface area contributed by atoms with Gasteiger partial charge in [-0.05, 0) is 12.1 Å². The Labute approximate surface area is 130 Å². The maximum absolute atomic E-state index is 13.6. The molecule has 3 N–H and O–H groups in total. The lowest BCUT2D eigenvalue weighted by molar-refractivity contribution is 0.602. The smallest absolute Gasteiger partial charge is 0.157 e. The quantitative estimate of drug-likeness (QED) is 0.750. The molecule has 6 nitrogen and oxygen atoms in total. The van der Waals surface area contributed by atoms with Crippen LogP contribution < -0.4 is 11.1 Å². The van der Waals surface area contributed by atoms with Crippen LogP contribution in [0.5, 0.6) is 0 Å². The van der Waals surface area contributed by atoms with E-state index >= 15 is 0 Å². The van der Waals surface area contributed by atoms with Gasteiger partial charge in [0.15, 0.2) is 5.82 Å². The second kappa shape index (κ2) is 6.29. The van der Waals surface area contributed by atoms with Gasteiger partial charge in [0.1, 0.15) is 22.5 Å². The summed E-state index contributed by atoms with van der Waals surface area (Å²) in [6, 6.07) is 2.94. The van der Waals surface area contributed by atoms with E-state index in [-0.39, 0.29) is 18.3 Å². The molecular weight excluding hydrogens is 303 g/mol. The number of halogens is 1. The monoisotopic (exact) mass is 318 g/mol. The molecule has 3 aromatic rings. The Morgan fingerprint density at radius 2 is 2.23 bits per heavy atom. The van der Waals surface area contributed by atoms with Gasteiger partial charge in [0.05, 0.1) is 17.2 Å². The van der Waals surface area contributed by atoms with Crippen LogP contribution in [0.3, 0.4) is 0 Å². The molecule has 0 aliphatic heterocycles. The van der Waals surface area contributed by atoms with Crippen molar-refractivity contribution in [3.8, 4) is 0 Å². The zero-order valence-electron chi connectivity index (χ0n) is 12.0. The van der Waals surface area contributed by atoms with E-state index in [2.05, 4.69) is 25.3 Å². The third-order valence-electron chi connectivity index (χ3n) is 3.25. The number of anilines is 1. The summed E-state index contributed by atoms with van der Waals surface area (Å²) in [5.74, 6) is 0.387. The molecule has 0 amide bonds. The predicted octanol–water partition coefficient (Wildman–Crippen LogP) is 2.29. The Kier molecular flexibility index (Phi) is 4.21. The molecule has 0 aliphatic rings. The number of rotatable bonds is 5. The predicted molar refractivity (Wildman–Crippen MR) is 84.2 cm³/mol. The van der Waals surface area contributed by atoms with Crippen LogP contribution in [0.4, 0.5) is 10.2 Å². The molecule has 22 heavy (non-hydrogen) atoms.